The highest BCUT2D eigenvalue weighted by Gasteiger charge is 2.22. The van der Waals surface area contributed by atoms with Gasteiger partial charge in [-0.15, -0.1) is 0 Å². The largest absolute Gasteiger partial charge is 0.361 e. The van der Waals surface area contributed by atoms with Gasteiger partial charge in [-0.2, -0.15) is 0 Å². The number of hydrogen-bond acceptors (Lipinski definition) is 2. The molecule has 0 amide bonds. The number of para-hydroxylation sites is 1. The van der Waals surface area contributed by atoms with Gasteiger partial charge in [0.05, 0.1) is 0 Å². The Morgan fingerprint density at radius 3 is 2.95 bits per heavy atom. The van der Waals surface area contributed by atoms with E-state index in [2.05, 4.69) is 41.5 Å². The van der Waals surface area contributed by atoms with Crippen LogP contribution in [-0.4, -0.2) is 35.7 Å². The summed E-state index contributed by atoms with van der Waals surface area (Å²) in [5.41, 5.74) is 2.29. The summed E-state index contributed by atoms with van der Waals surface area (Å²) in [6, 6.07) is 8.82. The first kappa shape index (κ1) is 14.3. The third kappa shape index (κ3) is 3.91. The fourth-order valence-corrected chi connectivity index (χ4v) is 2.83. The first-order chi connectivity index (χ1) is 9.20. The van der Waals surface area contributed by atoms with Crippen LogP contribution in [0.25, 0.3) is 0 Å². The van der Waals surface area contributed by atoms with Crippen LogP contribution in [0.3, 0.4) is 0 Å². The minimum absolute atomic E-state index is 0.627. The normalized spacial score (nSPS) is 19.4. The summed E-state index contributed by atoms with van der Waals surface area (Å²) in [7, 11) is 0. The van der Waals surface area contributed by atoms with Gasteiger partial charge in [-0.05, 0) is 56.7 Å². The van der Waals surface area contributed by atoms with Crippen molar-refractivity contribution in [3.05, 3.63) is 29.8 Å². The molecular formula is C15H23N3S. The lowest BCUT2D eigenvalue weighted by atomic mass is 10.2. The SMILES string of the molecule is CCN1CCCC1CNC(=S)Nc1ccccc1C. The van der Waals surface area contributed by atoms with Crippen LogP contribution in [0, 0.1) is 6.92 Å². The van der Waals surface area contributed by atoms with E-state index in [1.807, 2.05) is 12.1 Å². The molecule has 4 heteroatoms. The molecule has 1 heterocycles. The molecular weight excluding hydrogens is 254 g/mol. The molecule has 2 rings (SSSR count). The molecule has 1 fully saturated rings. The summed E-state index contributed by atoms with van der Waals surface area (Å²) in [6.45, 7) is 7.60. The number of likely N-dealkylation sites (N-methyl/N-ethyl adjacent to an activating group) is 1. The fraction of sp³-hybridized carbons (Fsp3) is 0.533. The molecule has 0 saturated carbocycles. The lowest BCUT2D eigenvalue weighted by molar-refractivity contribution is 0.267. The predicted octanol–water partition coefficient (Wildman–Crippen LogP) is 2.77. The van der Waals surface area contributed by atoms with Gasteiger partial charge < -0.3 is 10.6 Å². The van der Waals surface area contributed by atoms with E-state index >= 15 is 0 Å². The Morgan fingerprint density at radius 2 is 2.21 bits per heavy atom. The number of thiocarbonyl (C=S) groups is 1. The van der Waals surface area contributed by atoms with Crippen LogP contribution >= 0.6 is 12.2 Å². The molecule has 3 nitrogen and oxygen atoms in total. The zero-order valence-electron chi connectivity index (χ0n) is 11.8. The molecule has 1 saturated heterocycles. The number of aryl methyl sites for hydroxylation is 1. The fourth-order valence-electron chi connectivity index (χ4n) is 2.63. The topological polar surface area (TPSA) is 27.3 Å². The third-order valence-corrected chi connectivity index (χ3v) is 4.04. The molecule has 1 atom stereocenters. The smallest absolute Gasteiger partial charge is 0.170 e. The monoisotopic (exact) mass is 277 g/mol. The molecule has 0 radical (unpaired) electrons. The maximum absolute atomic E-state index is 5.36. The highest BCUT2D eigenvalue weighted by molar-refractivity contribution is 7.80. The van der Waals surface area contributed by atoms with Crippen LogP contribution in [0.5, 0.6) is 0 Å². The molecule has 0 bridgehead atoms. The number of benzene rings is 1. The molecule has 1 aromatic rings. The number of anilines is 1. The van der Waals surface area contributed by atoms with Gasteiger partial charge in [-0.3, -0.25) is 4.90 Å². The van der Waals surface area contributed by atoms with Crippen molar-refractivity contribution in [2.45, 2.75) is 32.7 Å². The van der Waals surface area contributed by atoms with Crippen LogP contribution < -0.4 is 10.6 Å². The van der Waals surface area contributed by atoms with Crippen molar-refractivity contribution in [1.29, 1.82) is 0 Å². The van der Waals surface area contributed by atoms with E-state index in [4.69, 9.17) is 12.2 Å². The lowest BCUT2D eigenvalue weighted by Gasteiger charge is -2.23. The number of likely N-dealkylation sites (tertiary alicyclic amines) is 1. The van der Waals surface area contributed by atoms with Crippen LogP contribution in [0.1, 0.15) is 25.3 Å². The Hall–Kier alpha value is -1.13. The molecule has 1 aliphatic heterocycles. The summed E-state index contributed by atoms with van der Waals surface area (Å²) in [6.07, 6.45) is 2.58. The van der Waals surface area contributed by atoms with Gasteiger partial charge in [0.2, 0.25) is 0 Å². The van der Waals surface area contributed by atoms with Crippen molar-refractivity contribution in [3.63, 3.8) is 0 Å². The molecule has 0 spiro atoms. The van der Waals surface area contributed by atoms with E-state index < -0.39 is 0 Å². The van der Waals surface area contributed by atoms with Crippen LogP contribution in [0.15, 0.2) is 24.3 Å². The Bertz CT molecular complexity index is 433. The minimum atomic E-state index is 0.627. The Morgan fingerprint density at radius 1 is 1.42 bits per heavy atom. The Labute approximate surface area is 121 Å². The average Bonchev–Trinajstić information content (AvgIpc) is 2.86. The average molecular weight is 277 g/mol. The number of nitrogens with zero attached hydrogens (tertiary/aromatic N) is 1. The van der Waals surface area contributed by atoms with Gasteiger partial charge >= 0.3 is 0 Å². The van der Waals surface area contributed by atoms with Gasteiger partial charge in [-0.1, -0.05) is 25.1 Å². The summed E-state index contributed by atoms with van der Waals surface area (Å²) in [4.78, 5) is 2.52. The maximum atomic E-state index is 5.36. The van der Waals surface area contributed by atoms with Crippen molar-refractivity contribution in [2.24, 2.45) is 0 Å². The molecule has 1 unspecified atom stereocenters. The van der Waals surface area contributed by atoms with Crippen molar-refractivity contribution in [3.8, 4) is 0 Å². The zero-order chi connectivity index (χ0) is 13.7. The predicted molar refractivity (Wildman–Crippen MR) is 85.7 cm³/mol. The third-order valence-electron chi connectivity index (χ3n) is 3.80. The Kier molecular flexibility index (Phi) is 5.16. The van der Waals surface area contributed by atoms with E-state index in [0.29, 0.717) is 6.04 Å². The number of nitrogens with one attached hydrogen (secondary N) is 2. The maximum Gasteiger partial charge on any atom is 0.170 e. The highest BCUT2D eigenvalue weighted by atomic mass is 32.1. The zero-order valence-corrected chi connectivity index (χ0v) is 12.6. The second kappa shape index (κ2) is 6.87. The molecule has 1 aliphatic rings. The molecule has 0 aliphatic carbocycles. The minimum Gasteiger partial charge on any atom is -0.361 e. The van der Waals surface area contributed by atoms with E-state index in [-0.39, 0.29) is 0 Å². The number of hydrogen-bond donors (Lipinski definition) is 2. The van der Waals surface area contributed by atoms with Gasteiger partial charge in [0.1, 0.15) is 0 Å². The molecule has 1 aromatic carbocycles. The highest BCUT2D eigenvalue weighted by Crippen LogP contribution is 2.16. The molecule has 19 heavy (non-hydrogen) atoms. The van der Waals surface area contributed by atoms with Crippen molar-refractivity contribution < 1.29 is 0 Å². The summed E-state index contributed by atoms with van der Waals surface area (Å²) < 4.78 is 0. The van der Waals surface area contributed by atoms with Crippen molar-refractivity contribution in [2.75, 3.05) is 25.0 Å². The van der Waals surface area contributed by atoms with Gasteiger partial charge in [0.25, 0.3) is 0 Å². The number of rotatable bonds is 4. The second-order valence-corrected chi connectivity index (χ2v) is 5.48. The second-order valence-electron chi connectivity index (χ2n) is 5.07. The van der Waals surface area contributed by atoms with E-state index in [1.54, 1.807) is 0 Å². The van der Waals surface area contributed by atoms with Gasteiger partial charge in [0, 0.05) is 18.3 Å². The van der Waals surface area contributed by atoms with E-state index in [9.17, 15) is 0 Å². The van der Waals surface area contributed by atoms with Gasteiger partial charge in [-0.25, -0.2) is 0 Å². The summed E-state index contributed by atoms with van der Waals surface area (Å²) in [5, 5.41) is 7.33. The van der Waals surface area contributed by atoms with E-state index in [0.717, 1.165) is 23.9 Å². The summed E-state index contributed by atoms with van der Waals surface area (Å²) in [5.74, 6) is 0. The Balaban J connectivity index is 1.80. The molecule has 104 valence electrons. The van der Waals surface area contributed by atoms with Crippen LogP contribution in [0.4, 0.5) is 5.69 Å². The quantitative estimate of drug-likeness (QED) is 0.828. The van der Waals surface area contributed by atoms with Crippen molar-refractivity contribution in [1.82, 2.24) is 10.2 Å². The standard InChI is InChI=1S/C15H23N3S/c1-3-18-10-6-8-13(18)11-16-15(19)17-14-9-5-4-7-12(14)2/h4-5,7,9,13H,3,6,8,10-11H2,1-2H3,(H2,16,17,19). The lowest BCUT2D eigenvalue weighted by Crippen LogP contribution is -2.41. The summed E-state index contributed by atoms with van der Waals surface area (Å²) >= 11 is 5.36. The van der Waals surface area contributed by atoms with Gasteiger partial charge in [0.15, 0.2) is 5.11 Å². The van der Waals surface area contributed by atoms with Crippen molar-refractivity contribution >= 4 is 23.0 Å². The van der Waals surface area contributed by atoms with E-state index in [1.165, 1.54) is 24.9 Å². The first-order valence-electron chi connectivity index (χ1n) is 7.05. The molecule has 0 aromatic heterocycles. The van der Waals surface area contributed by atoms with Crippen LogP contribution in [-0.2, 0) is 0 Å². The first-order valence-corrected chi connectivity index (χ1v) is 7.46. The molecule has 2 N–H and O–H groups in total. The van der Waals surface area contributed by atoms with Crippen LogP contribution in [0.2, 0.25) is 0 Å².